The lowest BCUT2D eigenvalue weighted by Gasteiger charge is -2.19. The molecule has 1 N–H and O–H groups in total. The van der Waals surface area contributed by atoms with Crippen molar-refractivity contribution in [2.75, 3.05) is 17.6 Å². The summed E-state index contributed by atoms with van der Waals surface area (Å²) in [6, 6.07) is 7.64. The first kappa shape index (κ1) is 15.3. The maximum Gasteiger partial charge on any atom is 0.156 e. The lowest BCUT2D eigenvalue weighted by Crippen LogP contribution is -2.32. The largest absolute Gasteiger partial charge is 0.384 e. The summed E-state index contributed by atoms with van der Waals surface area (Å²) in [6.45, 7) is 5.55. The van der Waals surface area contributed by atoms with Gasteiger partial charge in [-0.15, -0.1) is 11.6 Å². The Morgan fingerprint density at radius 2 is 1.83 bits per heavy atom. The predicted molar refractivity (Wildman–Crippen MR) is 78.0 cm³/mol. The van der Waals surface area contributed by atoms with Gasteiger partial charge in [0.05, 0.1) is 10.5 Å². The van der Waals surface area contributed by atoms with E-state index in [2.05, 4.69) is 5.32 Å². The average Bonchev–Trinajstić information content (AvgIpc) is 2.28. The second kappa shape index (κ2) is 5.93. The molecule has 0 fully saturated rings. The topological polar surface area (TPSA) is 46.2 Å². The van der Waals surface area contributed by atoms with Gasteiger partial charge in [-0.25, -0.2) is 8.42 Å². The monoisotopic (exact) mass is 289 g/mol. The van der Waals surface area contributed by atoms with Crippen LogP contribution in [0.4, 0.5) is 5.69 Å². The first-order valence-electron chi connectivity index (χ1n) is 5.88. The molecule has 0 saturated carbocycles. The summed E-state index contributed by atoms with van der Waals surface area (Å²) >= 11 is 5.82. The van der Waals surface area contributed by atoms with E-state index in [0.29, 0.717) is 12.4 Å². The molecule has 1 aromatic rings. The van der Waals surface area contributed by atoms with E-state index in [-0.39, 0.29) is 5.75 Å². The molecule has 0 atom stereocenters. The molecule has 0 saturated heterocycles. The number of halogens is 1. The number of para-hydroxylation sites is 1. The fourth-order valence-corrected chi connectivity index (χ4v) is 2.65. The number of sulfone groups is 1. The summed E-state index contributed by atoms with van der Waals surface area (Å²) in [5.74, 6) is 0.530. The minimum Gasteiger partial charge on any atom is -0.384 e. The van der Waals surface area contributed by atoms with Gasteiger partial charge < -0.3 is 5.32 Å². The molecule has 0 heterocycles. The maximum atomic E-state index is 11.9. The maximum absolute atomic E-state index is 11.9. The summed E-state index contributed by atoms with van der Waals surface area (Å²) in [6.07, 6.45) is 0. The molecule has 0 radical (unpaired) electrons. The number of alkyl halides is 1. The minimum atomic E-state index is -3.08. The van der Waals surface area contributed by atoms with Crippen LogP contribution >= 0.6 is 11.6 Å². The smallest absolute Gasteiger partial charge is 0.156 e. The Kier molecular flexibility index (Phi) is 5.05. The second-order valence-electron chi connectivity index (χ2n) is 5.15. The number of nitrogens with one attached hydrogen (secondary N) is 1. The van der Waals surface area contributed by atoms with Crippen LogP contribution in [0.3, 0.4) is 0 Å². The Morgan fingerprint density at radius 1 is 1.22 bits per heavy atom. The highest BCUT2D eigenvalue weighted by Gasteiger charge is 2.28. The molecular formula is C13H20ClNO2S. The Labute approximate surface area is 114 Å². The van der Waals surface area contributed by atoms with E-state index in [4.69, 9.17) is 11.6 Å². The van der Waals surface area contributed by atoms with Gasteiger partial charge in [-0.05, 0) is 32.4 Å². The summed E-state index contributed by atoms with van der Waals surface area (Å²) < 4.78 is 23.2. The Balaban J connectivity index is 2.63. The van der Waals surface area contributed by atoms with Crippen LogP contribution in [0, 0.1) is 0 Å². The zero-order valence-corrected chi connectivity index (χ0v) is 12.6. The van der Waals surface area contributed by atoms with Crippen molar-refractivity contribution in [2.45, 2.75) is 31.4 Å². The van der Waals surface area contributed by atoms with E-state index in [1.54, 1.807) is 20.8 Å². The van der Waals surface area contributed by atoms with Gasteiger partial charge in [0.2, 0.25) is 0 Å². The van der Waals surface area contributed by atoms with Crippen LogP contribution in [0.15, 0.2) is 24.3 Å². The van der Waals surface area contributed by atoms with Gasteiger partial charge in [-0.2, -0.15) is 0 Å². The van der Waals surface area contributed by atoms with E-state index < -0.39 is 14.6 Å². The first-order chi connectivity index (χ1) is 8.28. The van der Waals surface area contributed by atoms with Gasteiger partial charge >= 0.3 is 0 Å². The molecular weight excluding hydrogens is 270 g/mol. The van der Waals surface area contributed by atoms with Crippen LogP contribution in [-0.2, 0) is 15.7 Å². The van der Waals surface area contributed by atoms with Crippen molar-refractivity contribution >= 4 is 27.1 Å². The Bertz CT molecular complexity index is 492. The molecule has 18 heavy (non-hydrogen) atoms. The lowest BCUT2D eigenvalue weighted by molar-refractivity contribution is 0.560. The quantitative estimate of drug-likeness (QED) is 0.848. The predicted octanol–water partition coefficient (Wildman–Crippen LogP) is 3.05. The summed E-state index contributed by atoms with van der Waals surface area (Å²) in [4.78, 5) is 0. The van der Waals surface area contributed by atoms with Gasteiger partial charge in [-0.3, -0.25) is 0 Å². The number of benzene rings is 1. The standard InChI is InChI=1S/C13H20ClNO2S/c1-13(2,3)18(16,17)9-8-15-12-7-5-4-6-11(12)10-14/h4-7,15H,8-10H2,1-3H3. The molecule has 0 unspecified atom stereocenters. The van der Waals surface area contributed by atoms with E-state index in [9.17, 15) is 8.42 Å². The van der Waals surface area contributed by atoms with Gasteiger partial charge in [0.1, 0.15) is 0 Å². The Hall–Kier alpha value is -0.740. The highest BCUT2D eigenvalue weighted by Crippen LogP contribution is 2.18. The van der Waals surface area contributed by atoms with Gasteiger partial charge in [0.15, 0.2) is 9.84 Å². The van der Waals surface area contributed by atoms with Crippen molar-refractivity contribution in [3.63, 3.8) is 0 Å². The molecule has 1 aromatic carbocycles. The van der Waals surface area contributed by atoms with E-state index in [1.165, 1.54) is 0 Å². The van der Waals surface area contributed by atoms with Crippen molar-refractivity contribution in [1.29, 1.82) is 0 Å². The highest BCUT2D eigenvalue weighted by atomic mass is 35.5. The van der Waals surface area contributed by atoms with Crippen molar-refractivity contribution in [1.82, 2.24) is 0 Å². The van der Waals surface area contributed by atoms with Crippen LogP contribution in [-0.4, -0.2) is 25.5 Å². The van der Waals surface area contributed by atoms with Crippen LogP contribution < -0.4 is 5.32 Å². The summed E-state index contributed by atoms with van der Waals surface area (Å²) in [7, 11) is -3.08. The minimum absolute atomic E-state index is 0.118. The van der Waals surface area contributed by atoms with Crippen molar-refractivity contribution in [3.05, 3.63) is 29.8 Å². The molecule has 1 rings (SSSR count). The summed E-state index contributed by atoms with van der Waals surface area (Å²) in [5, 5.41) is 3.13. The van der Waals surface area contributed by atoms with Crippen molar-refractivity contribution in [2.24, 2.45) is 0 Å². The third-order valence-corrected chi connectivity index (χ3v) is 5.68. The number of anilines is 1. The van der Waals surface area contributed by atoms with Crippen molar-refractivity contribution < 1.29 is 8.42 Å². The Morgan fingerprint density at radius 3 is 2.39 bits per heavy atom. The normalized spacial score (nSPS) is 12.4. The average molecular weight is 290 g/mol. The fraction of sp³-hybridized carbons (Fsp3) is 0.538. The number of hydrogen-bond acceptors (Lipinski definition) is 3. The lowest BCUT2D eigenvalue weighted by atomic mass is 10.2. The summed E-state index contributed by atoms with van der Waals surface area (Å²) in [5.41, 5.74) is 1.88. The zero-order valence-electron chi connectivity index (χ0n) is 11.0. The molecule has 0 aliphatic heterocycles. The molecule has 0 amide bonds. The van der Waals surface area contributed by atoms with Crippen LogP contribution in [0.25, 0.3) is 0 Å². The van der Waals surface area contributed by atoms with Crippen LogP contribution in [0.2, 0.25) is 0 Å². The fourth-order valence-electron chi connectivity index (χ4n) is 1.44. The zero-order chi connectivity index (χ0) is 13.8. The first-order valence-corrected chi connectivity index (χ1v) is 8.06. The van der Waals surface area contributed by atoms with Gasteiger partial charge in [-0.1, -0.05) is 18.2 Å². The molecule has 3 nitrogen and oxygen atoms in total. The van der Waals surface area contributed by atoms with E-state index in [0.717, 1.165) is 11.3 Å². The molecule has 5 heteroatoms. The second-order valence-corrected chi connectivity index (χ2v) is 8.28. The SMILES string of the molecule is CC(C)(C)S(=O)(=O)CCNc1ccccc1CCl. The third-order valence-electron chi connectivity index (χ3n) is 2.78. The molecule has 0 aromatic heterocycles. The van der Waals surface area contributed by atoms with E-state index >= 15 is 0 Å². The van der Waals surface area contributed by atoms with Gasteiger partial charge in [0.25, 0.3) is 0 Å². The van der Waals surface area contributed by atoms with Gasteiger partial charge in [0, 0.05) is 18.1 Å². The molecule has 0 aliphatic carbocycles. The van der Waals surface area contributed by atoms with Crippen LogP contribution in [0.1, 0.15) is 26.3 Å². The highest BCUT2D eigenvalue weighted by molar-refractivity contribution is 7.92. The molecule has 0 spiro atoms. The molecule has 102 valence electrons. The number of hydrogen-bond donors (Lipinski definition) is 1. The third kappa shape index (κ3) is 3.89. The number of rotatable bonds is 5. The van der Waals surface area contributed by atoms with Crippen molar-refractivity contribution in [3.8, 4) is 0 Å². The van der Waals surface area contributed by atoms with E-state index in [1.807, 2.05) is 24.3 Å². The van der Waals surface area contributed by atoms with Crippen LogP contribution in [0.5, 0.6) is 0 Å². The molecule has 0 aliphatic rings. The molecule has 0 bridgehead atoms.